The number of hydrogen-bond acceptors (Lipinski definition) is 5. The number of nitrogens with zero attached hydrogens (tertiary/aromatic N) is 1. The number of amides is 1. The summed E-state index contributed by atoms with van der Waals surface area (Å²) in [5, 5.41) is 3.17. The van der Waals surface area contributed by atoms with Crippen LogP contribution in [0.15, 0.2) is 23.1 Å². The summed E-state index contributed by atoms with van der Waals surface area (Å²) in [4.78, 5) is 12.6. The van der Waals surface area contributed by atoms with Crippen LogP contribution >= 0.6 is 11.6 Å². The Hall–Kier alpha value is -1.35. The number of sulfonamides is 1. The van der Waals surface area contributed by atoms with E-state index in [1.165, 1.54) is 16.4 Å². The average molecular weight is 431 g/mol. The van der Waals surface area contributed by atoms with Crippen LogP contribution in [-0.4, -0.2) is 57.6 Å². The van der Waals surface area contributed by atoms with Gasteiger partial charge in [-0.1, -0.05) is 11.6 Å². The van der Waals surface area contributed by atoms with E-state index in [9.17, 15) is 13.2 Å². The lowest BCUT2D eigenvalue weighted by Gasteiger charge is -2.31. The molecule has 7 nitrogen and oxygen atoms in total. The fourth-order valence-corrected chi connectivity index (χ4v) is 5.45. The van der Waals surface area contributed by atoms with Crippen molar-refractivity contribution in [2.75, 3.05) is 32.8 Å². The zero-order chi connectivity index (χ0) is 20.1. The van der Waals surface area contributed by atoms with E-state index in [0.717, 1.165) is 19.4 Å². The van der Waals surface area contributed by atoms with Gasteiger partial charge >= 0.3 is 0 Å². The number of carbonyl (C=O) groups excluding carboxylic acids is 1. The SMILES string of the molecule is CCOc1ccc(S(=O)(=O)N2CCC[C@@H](C(=O)NC[C@H]3CCCO3)C2)cc1Cl. The molecule has 156 valence electrons. The van der Waals surface area contributed by atoms with E-state index in [1.54, 1.807) is 6.07 Å². The molecule has 9 heteroatoms. The fourth-order valence-electron chi connectivity index (χ4n) is 3.60. The van der Waals surface area contributed by atoms with Crippen molar-refractivity contribution in [1.29, 1.82) is 0 Å². The van der Waals surface area contributed by atoms with E-state index >= 15 is 0 Å². The van der Waals surface area contributed by atoms with E-state index in [4.69, 9.17) is 21.1 Å². The highest BCUT2D eigenvalue weighted by atomic mass is 35.5. The van der Waals surface area contributed by atoms with Crippen molar-refractivity contribution in [2.45, 2.75) is 43.6 Å². The minimum absolute atomic E-state index is 0.0679. The van der Waals surface area contributed by atoms with Gasteiger partial charge in [-0.3, -0.25) is 4.79 Å². The maximum absolute atomic E-state index is 13.0. The molecule has 2 aliphatic rings. The summed E-state index contributed by atoms with van der Waals surface area (Å²) in [6.45, 7) is 4.06. The van der Waals surface area contributed by atoms with Gasteiger partial charge in [0.25, 0.3) is 0 Å². The highest BCUT2D eigenvalue weighted by Crippen LogP contribution is 2.30. The number of carbonyl (C=O) groups is 1. The topological polar surface area (TPSA) is 84.9 Å². The molecule has 1 N–H and O–H groups in total. The lowest BCUT2D eigenvalue weighted by molar-refractivity contribution is -0.126. The van der Waals surface area contributed by atoms with Gasteiger partial charge in [-0.25, -0.2) is 8.42 Å². The summed E-state index contributed by atoms with van der Waals surface area (Å²) >= 11 is 6.15. The van der Waals surface area contributed by atoms with Crippen molar-refractivity contribution in [3.63, 3.8) is 0 Å². The Kier molecular flexibility index (Phi) is 7.20. The number of nitrogens with one attached hydrogen (secondary N) is 1. The number of hydrogen-bond donors (Lipinski definition) is 1. The summed E-state index contributed by atoms with van der Waals surface area (Å²) in [5.74, 6) is -0.0172. The molecule has 2 saturated heterocycles. The van der Waals surface area contributed by atoms with Crippen LogP contribution < -0.4 is 10.1 Å². The molecule has 0 unspecified atom stereocenters. The van der Waals surface area contributed by atoms with Gasteiger partial charge in [-0.2, -0.15) is 4.31 Å². The molecule has 2 fully saturated rings. The zero-order valence-electron chi connectivity index (χ0n) is 16.0. The molecule has 2 heterocycles. The molecular weight excluding hydrogens is 404 g/mol. The molecule has 0 aliphatic carbocycles. The third-order valence-corrected chi connectivity index (χ3v) is 7.28. The van der Waals surface area contributed by atoms with Gasteiger partial charge in [-0.15, -0.1) is 0 Å². The Balaban J connectivity index is 1.65. The number of benzene rings is 1. The van der Waals surface area contributed by atoms with Crippen LogP contribution in [0.5, 0.6) is 5.75 Å². The second-order valence-electron chi connectivity index (χ2n) is 7.11. The average Bonchev–Trinajstić information content (AvgIpc) is 3.21. The molecule has 2 aliphatic heterocycles. The molecule has 28 heavy (non-hydrogen) atoms. The highest BCUT2D eigenvalue weighted by molar-refractivity contribution is 7.89. The van der Waals surface area contributed by atoms with Crippen LogP contribution in [0.1, 0.15) is 32.6 Å². The Morgan fingerprint density at radius 2 is 2.18 bits per heavy atom. The number of ether oxygens (including phenoxy) is 2. The Morgan fingerprint density at radius 3 is 2.86 bits per heavy atom. The third-order valence-electron chi connectivity index (χ3n) is 5.12. The molecule has 0 aromatic heterocycles. The van der Waals surface area contributed by atoms with Gasteiger partial charge in [0.2, 0.25) is 15.9 Å². The van der Waals surface area contributed by atoms with E-state index in [2.05, 4.69) is 5.32 Å². The van der Waals surface area contributed by atoms with Crippen LogP contribution in [0.4, 0.5) is 0 Å². The summed E-state index contributed by atoms with van der Waals surface area (Å²) in [6.07, 6.45) is 3.35. The van der Waals surface area contributed by atoms with E-state index in [-0.39, 0.29) is 34.4 Å². The van der Waals surface area contributed by atoms with Gasteiger partial charge in [0.05, 0.1) is 28.5 Å². The molecular formula is C19H27ClN2O5S. The first-order valence-electron chi connectivity index (χ1n) is 9.73. The number of rotatable bonds is 7. The highest BCUT2D eigenvalue weighted by Gasteiger charge is 2.34. The van der Waals surface area contributed by atoms with Crippen LogP contribution in [-0.2, 0) is 19.6 Å². The van der Waals surface area contributed by atoms with Crippen LogP contribution in [0.3, 0.4) is 0 Å². The van der Waals surface area contributed by atoms with Crippen molar-refractivity contribution in [3.05, 3.63) is 23.2 Å². The maximum Gasteiger partial charge on any atom is 0.243 e. The largest absolute Gasteiger partial charge is 0.492 e. The molecule has 1 aromatic carbocycles. The molecule has 2 atom stereocenters. The van der Waals surface area contributed by atoms with Gasteiger partial charge in [0, 0.05) is 26.2 Å². The van der Waals surface area contributed by atoms with Crippen LogP contribution in [0.2, 0.25) is 5.02 Å². The smallest absolute Gasteiger partial charge is 0.243 e. The van der Waals surface area contributed by atoms with Crippen molar-refractivity contribution in [2.24, 2.45) is 5.92 Å². The van der Waals surface area contributed by atoms with Gasteiger partial charge in [-0.05, 0) is 50.8 Å². The Labute approximate surface area is 171 Å². The van der Waals surface area contributed by atoms with E-state index < -0.39 is 10.0 Å². The first kappa shape index (κ1) is 21.4. The van der Waals surface area contributed by atoms with Crippen molar-refractivity contribution < 1.29 is 22.7 Å². The molecule has 0 bridgehead atoms. The van der Waals surface area contributed by atoms with Crippen molar-refractivity contribution in [1.82, 2.24) is 9.62 Å². The van der Waals surface area contributed by atoms with Crippen LogP contribution in [0, 0.1) is 5.92 Å². The minimum atomic E-state index is -3.72. The summed E-state index contributed by atoms with van der Waals surface area (Å²) in [6, 6.07) is 4.46. The van der Waals surface area contributed by atoms with Gasteiger partial charge < -0.3 is 14.8 Å². The van der Waals surface area contributed by atoms with E-state index in [0.29, 0.717) is 38.3 Å². The van der Waals surface area contributed by atoms with Gasteiger partial charge in [0.1, 0.15) is 5.75 Å². The first-order valence-corrected chi connectivity index (χ1v) is 11.6. The zero-order valence-corrected chi connectivity index (χ0v) is 17.6. The van der Waals surface area contributed by atoms with Crippen molar-refractivity contribution >= 4 is 27.5 Å². The quantitative estimate of drug-likeness (QED) is 0.718. The predicted octanol–water partition coefficient (Wildman–Crippen LogP) is 2.43. The monoisotopic (exact) mass is 430 g/mol. The Bertz CT molecular complexity index is 796. The number of piperidine rings is 1. The molecule has 0 spiro atoms. The summed E-state index contributed by atoms with van der Waals surface area (Å²) in [5.41, 5.74) is 0. The molecule has 3 rings (SSSR count). The maximum atomic E-state index is 13.0. The number of halogens is 1. The summed E-state index contributed by atoms with van der Waals surface area (Å²) < 4.78 is 38.3. The first-order chi connectivity index (χ1) is 13.4. The minimum Gasteiger partial charge on any atom is -0.492 e. The second kappa shape index (κ2) is 9.43. The summed E-state index contributed by atoms with van der Waals surface area (Å²) in [7, 11) is -3.72. The third kappa shape index (κ3) is 4.97. The van der Waals surface area contributed by atoms with E-state index in [1.807, 2.05) is 6.92 Å². The molecule has 1 amide bonds. The van der Waals surface area contributed by atoms with Crippen LogP contribution in [0.25, 0.3) is 0 Å². The lowest BCUT2D eigenvalue weighted by atomic mass is 9.99. The predicted molar refractivity (Wildman–Crippen MR) is 106 cm³/mol. The fraction of sp³-hybridized carbons (Fsp3) is 0.632. The van der Waals surface area contributed by atoms with Gasteiger partial charge in [0.15, 0.2) is 0 Å². The molecule has 0 saturated carbocycles. The normalized spacial score (nSPS) is 23.5. The standard InChI is InChI=1S/C19H27ClN2O5S/c1-2-26-18-8-7-16(11-17(18)20)28(24,25)22-9-3-5-14(13-22)19(23)21-12-15-6-4-10-27-15/h7-8,11,14-15H,2-6,9-10,12-13H2,1H3,(H,21,23)/t14-,15-/m1/s1. The molecule has 1 aromatic rings. The second-order valence-corrected chi connectivity index (χ2v) is 9.45. The Morgan fingerprint density at radius 1 is 1.36 bits per heavy atom. The van der Waals surface area contributed by atoms with Crippen molar-refractivity contribution in [3.8, 4) is 5.75 Å². The lowest BCUT2D eigenvalue weighted by Crippen LogP contribution is -2.46. The molecule has 0 radical (unpaired) electrons.